The summed E-state index contributed by atoms with van der Waals surface area (Å²) < 4.78 is 0.924. The maximum atomic E-state index is 12.0. The number of rotatable bonds is 2. The van der Waals surface area contributed by atoms with E-state index in [2.05, 4.69) is 26.2 Å². The molecule has 1 amide bonds. The average molecular weight is 306 g/mol. The maximum Gasteiger partial charge on any atom is 0.272 e. The summed E-state index contributed by atoms with van der Waals surface area (Å²) in [5.74, 6) is -0.183. The van der Waals surface area contributed by atoms with Gasteiger partial charge in [-0.25, -0.2) is 4.98 Å². The second-order valence-electron chi connectivity index (χ2n) is 4.47. The number of fused-ring (bicyclic) bond motifs is 1. The van der Waals surface area contributed by atoms with Crippen LogP contribution in [0.15, 0.2) is 28.9 Å². The van der Waals surface area contributed by atoms with E-state index in [1.807, 2.05) is 18.2 Å². The highest BCUT2D eigenvalue weighted by Crippen LogP contribution is 2.29. The fourth-order valence-corrected chi connectivity index (χ4v) is 2.36. The molecule has 2 aromatic rings. The van der Waals surface area contributed by atoms with Gasteiger partial charge >= 0.3 is 0 Å². The Morgan fingerprint density at radius 1 is 1.39 bits per heavy atom. The van der Waals surface area contributed by atoms with Gasteiger partial charge in [0.2, 0.25) is 0 Å². The van der Waals surface area contributed by atoms with Crippen LogP contribution in [0.4, 0.5) is 5.69 Å². The molecule has 3 rings (SSSR count). The molecule has 0 unspecified atom stereocenters. The summed E-state index contributed by atoms with van der Waals surface area (Å²) in [5.41, 5.74) is 6.79. The number of anilines is 1. The number of hydrogen-bond donors (Lipinski definition) is 2. The first-order valence-electron chi connectivity index (χ1n) is 5.80. The molecular formula is C13H12BrN3O. The summed E-state index contributed by atoms with van der Waals surface area (Å²) in [7, 11) is 0. The lowest BCUT2D eigenvalue weighted by Gasteiger charge is -2.09. The Balaban J connectivity index is 2.08. The van der Waals surface area contributed by atoms with Crippen molar-refractivity contribution in [2.75, 3.05) is 5.73 Å². The Bertz CT molecular complexity index is 637. The number of pyridine rings is 1. The number of carbonyl (C=O) groups excluding carboxylic acids is 1. The summed E-state index contributed by atoms with van der Waals surface area (Å²) in [6, 6.07) is 6.01. The van der Waals surface area contributed by atoms with Crippen LogP contribution < -0.4 is 11.1 Å². The van der Waals surface area contributed by atoms with Crippen molar-refractivity contribution in [2.24, 2.45) is 0 Å². The van der Waals surface area contributed by atoms with Crippen molar-refractivity contribution in [3.63, 3.8) is 0 Å². The first-order valence-corrected chi connectivity index (χ1v) is 6.59. The van der Waals surface area contributed by atoms with Gasteiger partial charge in [0.05, 0.1) is 5.69 Å². The van der Waals surface area contributed by atoms with Crippen molar-refractivity contribution in [3.8, 4) is 0 Å². The van der Waals surface area contributed by atoms with E-state index in [4.69, 9.17) is 5.73 Å². The normalized spacial score (nSPS) is 14.7. The number of nitrogens with two attached hydrogens (primary N) is 1. The second kappa shape index (κ2) is 4.24. The highest BCUT2D eigenvalue weighted by Gasteiger charge is 2.25. The maximum absolute atomic E-state index is 12.0. The lowest BCUT2D eigenvalue weighted by Crippen LogP contribution is -2.27. The van der Waals surface area contributed by atoms with E-state index < -0.39 is 0 Å². The van der Waals surface area contributed by atoms with Gasteiger partial charge in [-0.3, -0.25) is 4.79 Å². The third kappa shape index (κ3) is 1.95. The van der Waals surface area contributed by atoms with Gasteiger partial charge in [0.1, 0.15) is 0 Å². The molecule has 18 heavy (non-hydrogen) atoms. The molecule has 1 saturated carbocycles. The molecule has 1 aromatic carbocycles. The number of nitrogens with zero attached hydrogens (tertiary/aromatic N) is 1. The number of aromatic nitrogens is 1. The van der Waals surface area contributed by atoms with Crippen LogP contribution >= 0.6 is 15.9 Å². The fraction of sp³-hybridized carbons (Fsp3) is 0.231. The van der Waals surface area contributed by atoms with E-state index in [1.54, 1.807) is 6.20 Å². The predicted octanol–water partition coefficient (Wildman–Crippen LogP) is 2.47. The van der Waals surface area contributed by atoms with Crippen molar-refractivity contribution in [1.82, 2.24) is 10.3 Å². The summed E-state index contributed by atoms with van der Waals surface area (Å²) in [6.45, 7) is 0. The predicted molar refractivity (Wildman–Crippen MR) is 74.3 cm³/mol. The Labute approximate surface area is 113 Å². The number of nitrogens with one attached hydrogen (secondary N) is 1. The summed E-state index contributed by atoms with van der Waals surface area (Å²) in [6.07, 6.45) is 3.77. The number of carbonyl (C=O) groups is 1. The molecule has 1 fully saturated rings. The van der Waals surface area contributed by atoms with E-state index in [-0.39, 0.29) is 5.91 Å². The Morgan fingerprint density at radius 3 is 2.89 bits per heavy atom. The van der Waals surface area contributed by atoms with Crippen molar-refractivity contribution >= 4 is 38.3 Å². The lowest BCUT2D eigenvalue weighted by molar-refractivity contribution is 0.0947. The van der Waals surface area contributed by atoms with Crippen LogP contribution in [-0.4, -0.2) is 16.9 Å². The summed E-state index contributed by atoms with van der Waals surface area (Å²) >= 11 is 3.45. The Hall–Kier alpha value is -1.62. The third-order valence-corrected chi connectivity index (χ3v) is 3.74. The molecule has 0 aliphatic heterocycles. The second-order valence-corrected chi connectivity index (χ2v) is 5.32. The molecule has 0 radical (unpaired) electrons. The average Bonchev–Trinajstić information content (AvgIpc) is 3.14. The molecule has 0 spiro atoms. The topological polar surface area (TPSA) is 68.0 Å². The minimum absolute atomic E-state index is 0.183. The Kier molecular flexibility index (Phi) is 2.70. The van der Waals surface area contributed by atoms with Crippen LogP contribution in [0.5, 0.6) is 0 Å². The molecule has 92 valence electrons. The largest absolute Gasteiger partial charge is 0.396 e. The molecule has 1 aliphatic rings. The Morgan fingerprint density at radius 2 is 2.17 bits per heavy atom. The van der Waals surface area contributed by atoms with Gasteiger partial charge in [0.25, 0.3) is 5.91 Å². The lowest BCUT2D eigenvalue weighted by atomic mass is 10.1. The van der Waals surface area contributed by atoms with Gasteiger partial charge in [-0.05, 0) is 18.9 Å². The van der Waals surface area contributed by atoms with Crippen LogP contribution in [-0.2, 0) is 0 Å². The quantitative estimate of drug-likeness (QED) is 0.895. The molecular weight excluding hydrogens is 294 g/mol. The van der Waals surface area contributed by atoms with E-state index in [9.17, 15) is 4.79 Å². The zero-order valence-corrected chi connectivity index (χ0v) is 11.2. The number of benzene rings is 1. The smallest absolute Gasteiger partial charge is 0.272 e. The zero-order valence-electron chi connectivity index (χ0n) is 9.61. The molecule has 0 saturated heterocycles. The van der Waals surface area contributed by atoms with Crippen molar-refractivity contribution in [2.45, 2.75) is 18.9 Å². The monoisotopic (exact) mass is 305 g/mol. The number of halogens is 1. The van der Waals surface area contributed by atoms with E-state index in [0.29, 0.717) is 17.4 Å². The van der Waals surface area contributed by atoms with Gasteiger partial charge in [-0.1, -0.05) is 28.1 Å². The first kappa shape index (κ1) is 11.5. The molecule has 0 bridgehead atoms. The summed E-state index contributed by atoms with van der Waals surface area (Å²) in [4.78, 5) is 16.2. The van der Waals surface area contributed by atoms with Gasteiger partial charge in [0.15, 0.2) is 5.69 Å². The van der Waals surface area contributed by atoms with E-state index in [1.165, 1.54) is 0 Å². The van der Waals surface area contributed by atoms with Crippen LogP contribution in [0, 0.1) is 0 Å². The highest BCUT2D eigenvalue weighted by molar-refractivity contribution is 9.10. The fourth-order valence-electron chi connectivity index (χ4n) is 1.89. The van der Waals surface area contributed by atoms with Crippen LogP contribution in [0.3, 0.4) is 0 Å². The third-order valence-electron chi connectivity index (χ3n) is 3.05. The molecule has 1 heterocycles. The van der Waals surface area contributed by atoms with Crippen molar-refractivity contribution < 1.29 is 4.79 Å². The first-order chi connectivity index (χ1) is 8.66. The van der Waals surface area contributed by atoms with Gasteiger partial charge in [0, 0.05) is 27.5 Å². The number of amides is 1. The zero-order chi connectivity index (χ0) is 12.7. The molecule has 5 heteroatoms. The van der Waals surface area contributed by atoms with Crippen molar-refractivity contribution in [3.05, 3.63) is 34.6 Å². The van der Waals surface area contributed by atoms with Gasteiger partial charge in [-0.15, -0.1) is 0 Å². The standard InChI is InChI=1S/C13H12BrN3O/c14-10-3-1-2-8-9(10)6-16-12(11(8)15)13(18)17-7-4-5-7/h1-3,6-7H,4-5,15H2,(H,17,18). The molecule has 1 aromatic heterocycles. The number of nitrogen functional groups attached to an aromatic ring is 1. The van der Waals surface area contributed by atoms with Crippen LogP contribution in [0.1, 0.15) is 23.3 Å². The molecule has 0 atom stereocenters. The molecule has 3 N–H and O–H groups in total. The van der Waals surface area contributed by atoms with E-state index >= 15 is 0 Å². The highest BCUT2D eigenvalue weighted by atomic mass is 79.9. The van der Waals surface area contributed by atoms with E-state index in [0.717, 1.165) is 28.1 Å². The van der Waals surface area contributed by atoms with Crippen molar-refractivity contribution in [1.29, 1.82) is 0 Å². The van der Waals surface area contributed by atoms with Crippen LogP contribution in [0.25, 0.3) is 10.8 Å². The minimum atomic E-state index is -0.183. The van der Waals surface area contributed by atoms with Crippen LogP contribution in [0.2, 0.25) is 0 Å². The van der Waals surface area contributed by atoms with Gasteiger partial charge < -0.3 is 11.1 Å². The summed E-state index contributed by atoms with van der Waals surface area (Å²) in [5, 5.41) is 4.66. The minimum Gasteiger partial charge on any atom is -0.396 e. The number of hydrogen-bond acceptors (Lipinski definition) is 3. The molecule has 1 aliphatic carbocycles. The van der Waals surface area contributed by atoms with Gasteiger partial charge in [-0.2, -0.15) is 0 Å². The molecule has 4 nitrogen and oxygen atoms in total. The SMILES string of the molecule is Nc1c(C(=O)NC2CC2)ncc2c(Br)cccc12.